The molecular weight excluding hydrogens is 154 g/mol. The van der Waals surface area contributed by atoms with Gasteiger partial charge in [0.25, 0.3) is 0 Å². The van der Waals surface area contributed by atoms with E-state index in [1.54, 1.807) is 25.3 Å². The van der Waals surface area contributed by atoms with E-state index in [1.807, 2.05) is 13.0 Å². The van der Waals surface area contributed by atoms with E-state index in [2.05, 4.69) is 10.3 Å². The van der Waals surface area contributed by atoms with Crippen LogP contribution in [0.5, 0.6) is 0 Å². The van der Waals surface area contributed by atoms with Crippen molar-refractivity contribution in [1.82, 2.24) is 5.48 Å². The van der Waals surface area contributed by atoms with Crippen LogP contribution in [0.2, 0.25) is 0 Å². The van der Waals surface area contributed by atoms with Crippen LogP contribution in [0.15, 0.2) is 36.1 Å². The predicted molar refractivity (Wildman–Crippen MR) is 48.2 cm³/mol. The minimum atomic E-state index is 0.726. The molecule has 0 aromatic heterocycles. The smallest absolute Gasteiger partial charge is 0.142 e. The minimum Gasteiger partial charge on any atom is -0.299 e. The van der Waals surface area contributed by atoms with Crippen LogP contribution in [0.25, 0.3) is 0 Å². The summed E-state index contributed by atoms with van der Waals surface area (Å²) in [6, 6.07) is 0. The minimum absolute atomic E-state index is 0.726. The standard InChI is InChI=1S/C9H13NO2/c1-3-9(10-12-2)7-5-4-6-8-11/h3-8,10H,1-2H3. The molecular formula is C9H13NO2. The normalized spacial score (nSPS) is 12.7. The van der Waals surface area contributed by atoms with Crippen LogP contribution in [-0.4, -0.2) is 13.4 Å². The van der Waals surface area contributed by atoms with Crippen LogP contribution in [0.4, 0.5) is 0 Å². The van der Waals surface area contributed by atoms with E-state index in [-0.39, 0.29) is 0 Å². The molecule has 0 rings (SSSR count). The Kier molecular flexibility index (Phi) is 6.88. The summed E-state index contributed by atoms with van der Waals surface area (Å²) in [5, 5.41) is 0. The van der Waals surface area contributed by atoms with Gasteiger partial charge in [0.05, 0.1) is 12.8 Å². The SMILES string of the molecule is CC=C(C=CC=CC=O)NOC. The van der Waals surface area contributed by atoms with Crippen molar-refractivity contribution in [1.29, 1.82) is 0 Å². The predicted octanol–water partition coefficient (Wildman–Crippen LogP) is 1.35. The van der Waals surface area contributed by atoms with Crippen molar-refractivity contribution in [2.45, 2.75) is 6.92 Å². The van der Waals surface area contributed by atoms with Crippen molar-refractivity contribution in [3.8, 4) is 0 Å². The average molecular weight is 167 g/mol. The lowest BCUT2D eigenvalue weighted by atomic mass is 10.3. The van der Waals surface area contributed by atoms with Crippen molar-refractivity contribution in [3.05, 3.63) is 36.1 Å². The van der Waals surface area contributed by atoms with Crippen molar-refractivity contribution in [2.24, 2.45) is 0 Å². The van der Waals surface area contributed by atoms with Crippen molar-refractivity contribution in [3.63, 3.8) is 0 Å². The Bertz CT molecular complexity index is 205. The molecule has 3 nitrogen and oxygen atoms in total. The largest absolute Gasteiger partial charge is 0.299 e. The Morgan fingerprint density at radius 2 is 2.08 bits per heavy atom. The third-order valence-corrected chi connectivity index (χ3v) is 1.11. The van der Waals surface area contributed by atoms with Gasteiger partial charge in [0, 0.05) is 0 Å². The topological polar surface area (TPSA) is 38.3 Å². The molecule has 0 fully saturated rings. The van der Waals surface area contributed by atoms with Gasteiger partial charge in [0.2, 0.25) is 0 Å². The lowest BCUT2D eigenvalue weighted by Gasteiger charge is -2.00. The molecule has 0 amide bonds. The van der Waals surface area contributed by atoms with Crippen LogP contribution in [0.3, 0.4) is 0 Å². The van der Waals surface area contributed by atoms with Gasteiger partial charge in [-0.25, -0.2) is 0 Å². The fourth-order valence-corrected chi connectivity index (χ4v) is 0.576. The Balaban J connectivity index is 3.93. The van der Waals surface area contributed by atoms with Crippen LogP contribution in [0.1, 0.15) is 6.92 Å². The first-order valence-electron chi connectivity index (χ1n) is 3.59. The van der Waals surface area contributed by atoms with Crippen LogP contribution in [0, 0.1) is 0 Å². The number of hydrogen-bond donors (Lipinski definition) is 1. The molecule has 12 heavy (non-hydrogen) atoms. The van der Waals surface area contributed by atoms with E-state index in [0.29, 0.717) is 0 Å². The second kappa shape index (κ2) is 7.75. The summed E-state index contributed by atoms with van der Waals surface area (Å²) in [5.74, 6) is 0. The van der Waals surface area contributed by atoms with E-state index in [9.17, 15) is 4.79 Å². The molecule has 66 valence electrons. The molecule has 0 aliphatic heterocycles. The molecule has 0 aliphatic carbocycles. The average Bonchev–Trinajstić information content (AvgIpc) is 2.10. The number of aldehydes is 1. The number of nitrogens with one attached hydrogen (secondary N) is 1. The number of hydrogen-bond acceptors (Lipinski definition) is 3. The van der Waals surface area contributed by atoms with Gasteiger partial charge in [-0.05, 0) is 19.1 Å². The highest BCUT2D eigenvalue weighted by atomic mass is 16.6. The van der Waals surface area contributed by atoms with Gasteiger partial charge >= 0.3 is 0 Å². The van der Waals surface area contributed by atoms with Crippen molar-refractivity contribution in [2.75, 3.05) is 7.11 Å². The van der Waals surface area contributed by atoms with Gasteiger partial charge in [-0.15, -0.1) is 0 Å². The van der Waals surface area contributed by atoms with E-state index in [1.165, 1.54) is 6.08 Å². The molecule has 0 saturated heterocycles. The third kappa shape index (κ3) is 5.44. The first-order valence-corrected chi connectivity index (χ1v) is 3.59. The molecule has 0 unspecified atom stereocenters. The van der Waals surface area contributed by atoms with Crippen LogP contribution >= 0.6 is 0 Å². The van der Waals surface area contributed by atoms with Gasteiger partial charge in [-0.2, -0.15) is 0 Å². The summed E-state index contributed by atoms with van der Waals surface area (Å²) in [6.07, 6.45) is 9.18. The number of carbonyl (C=O) groups is 1. The number of allylic oxidation sites excluding steroid dienone is 5. The summed E-state index contributed by atoms with van der Waals surface area (Å²) in [4.78, 5) is 14.6. The van der Waals surface area contributed by atoms with Gasteiger partial charge in [0.1, 0.15) is 6.29 Å². The summed E-state index contributed by atoms with van der Waals surface area (Å²) in [6.45, 7) is 1.88. The number of rotatable bonds is 5. The molecule has 0 bridgehead atoms. The van der Waals surface area contributed by atoms with Gasteiger partial charge in [0.15, 0.2) is 0 Å². The quantitative estimate of drug-likeness (QED) is 0.291. The van der Waals surface area contributed by atoms with Crippen LogP contribution in [-0.2, 0) is 9.63 Å². The molecule has 0 saturated carbocycles. The molecule has 0 aliphatic rings. The van der Waals surface area contributed by atoms with E-state index in [4.69, 9.17) is 0 Å². The highest BCUT2D eigenvalue weighted by Gasteiger charge is 1.83. The van der Waals surface area contributed by atoms with E-state index < -0.39 is 0 Å². The fourth-order valence-electron chi connectivity index (χ4n) is 0.576. The summed E-state index contributed by atoms with van der Waals surface area (Å²) in [7, 11) is 1.54. The molecule has 3 heteroatoms. The lowest BCUT2D eigenvalue weighted by molar-refractivity contribution is -0.104. The molecule has 0 radical (unpaired) electrons. The Morgan fingerprint density at radius 1 is 1.33 bits per heavy atom. The molecule has 0 spiro atoms. The maximum absolute atomic E-state index is 9.87. The van der Waals surface area contributed by atoms with Crippen LogP contribution < -0.4 is 5.48 Å². The summed E-state index contributed by atoms with van der Waals surface area (Å²) in [5.41, 5.74) is 3.50. The summed E-state index contributed by atoms with van der Waals surface area (Å²) < 4.78 is 0. The highest BCUT2D eigenvalue weighted by molar-refractivity contribution is 5.65. The molecule has 0 atom stereocenters. The number of carbonyl (C=O) groups excluding carboxylic acids is 1. The molecule has 0 aromatic carbocycles. The van der Waals surface area contributed by atoms with Gasteiger partial charge in [-0.3, -0.25) is 15.1 Å². The Hall–Kier alpha value is -1.35. The first-order chi connectivity index (χ1) is 5.85. The zero-order chi connectivity index (χ0) is 9.23. The second-order valence-corrected chi connectivity index (χ2v) is 1.93. The summed E-state index contributed by atoms with van der Waals surface area (Å²) >= 11 is 0. The monoisotopic (exact) mass is 167 g/mol. The maximum Gasteiger partial charge on any atom is 0.142 e. The second-order valence-electron chi connectivity index (χ2n) is 1.93. The molecule has 1 N–H and O–H groups in total. The maximum atomic E-state index is 9.87. The zero-order valence-electron chi connectivity index (χ0n) is 7.28. The van der Waals surface area contributed by atoms with Gasteiger partial charge in [-0.1, -0.05) is 18.2 Å². The Morgan fingerprint density at radius 3 is 2.58 bits per heavy atom. The molecule has 0 aromatic rings. The van der Waals surface area contributed by atoms with Gasteiger partial charge < -0.3 is 0 Å². The van der Waals surface area contributed by atoms with E-state index >= 15 is 0 Å². The van der Waals surface area contributed by atoms with E-state index in [0.717, 1.165) is 12.0 Å². The Labute approximate surface area is 72.4 Å². The number of hydroxylamine groups is 1. The molecule has 0 heterocycles. The first kappa shape index (κ1) is 10.7. The fraction of sp³-hybridized carbons (Fsp3) is 0.222. The lowest BCUT2D eigenvalue weighted by Crippen LogP contribution is -2.08. The highest BCUT2D eigenvalue weighted by Crippen LogP contribution is 1.91. The van der Waals surface area contributed by atoms with Crippen molar-refractivity contribution >= 4 is 6.29 Å². The zero-order valence-corrected chi connectivity index (χ0v) is 7.28. The van der Waals surface area contributed by atoms with Crippen molar-refractivity contribution < 1.29 is 9.63 Å². The third-order valence-electron chi connectivity index (χ3n) is 1.11.